The monoisotopic (exact) mass is 379 g/mol. The molecule has 0 amide bonds. The predicted molar refractivity (Wildman–Crippen MR) is 97.5 cm³/mol. The number of aromatic nitrogens is 2. The number of halogens is 1. The summed E-state index contributed by atoms with van der Waals surface area (Å²) in [7, 11) is 0. The van der Waals surface area contributed by atoms with Crippen LogP contribution in [0.1, 0.15) is 49.1 Å². The van der Waals surface area contributed by atoms with Crippen LogP contribution in [-0.2, 0) is 4.74 Å². The second kappa shape index (κ2) is 8.08. The van der Waals surface area contributed by atoms with Gasteiger partial charge >= 0.3 is 0 Å². The predicted octanol–water partition coefficient (Wildman–Crippen LogP) is 4.24. The molecule has 7 heteroatoms. The molecule has 0 aliphatic carbocycles. The number of rotatable bonds is 4. The first-order chi connectivity index (χ1) is 12.3. The number of oxazole rings is 1. The van der Waals surface area contributed by atoms with E-state index in [1.165, 1.54) is 0 Å². The Morgan fingerprint density at radius 2 is 1.88 bits per heavy atom. The van der Waals surface area contributed by atoms with Crippen LogP contribution in [0.25, 0.3) is 0 Å². The highest BCUT2D eigenvalue weighted by atomic mass is 35.5. The summed E-state index contributed by atoms with van der Waals surface area (Å²) in [5, 5.41) is 5.84. The SMILES string of the molecule is Clc1ccc(Sc2oc(C3CCOCC3)nc2C2CCNCC2)nc1. The summed E-state index contributed by atoms with van der Waals surface area (Å²) in [5.41, 5.74) is 1.10. The maximum atomic E-state index is 6.24. The Morgan fingerprint density at radius 3 is 2.60 bits per heavy atom. The Bertz CT molecular complexity index is 695. The fourth-order valence-corrected chi connectivity index (χ4v) is 4.38. The van der Waals surface area contributed by atoms with Gasteiger partial charge in [0, 0.05) is 31.2 Å². The molecule has 2 aliphatic rings. The molecule has 0 radical (unpaired) electrons. The minimum Gasteiger partial charge on any atom is -0.433 e. The molecule has 0 aromatic carbocycles. The normalized spacial score (nSPS) is 20.0. The van der Waals surface area contributed by atoms with Gasteiger partial charge in [0.2, 0.25) is 0 Å². The van der Waals surface area contributed by atoms with Crippen LogP contribution in [0.3, 0.4) is 0 Å². The summed E-state index contributed by atoms with van der Waals surface area (Å²) >= 11 is 7.50. The van der Waals surface area contributed by atoms with E-state index < -0.39 is 0 Å². The van der Waals surface area contributed by atoms with Gasteiger partial charge in [-0.2, -0.15) is 0 Å². The molecule has 2 saturated heterocycles. The van der Waals surface area contributed by atoms with Crippen molar-refractivity contribution in [3.63, 3.8) is 0 Å². The van der Waals surface area contributed by atoms with Gasteiger partial charge in [-0.1, -0.05) is 11.6 Å². The fourth-order valence-electron chi connectivity index (χ4n) is 3.40. The first kappa shape index (κ1) is 17.3. The highest BCUT2D eigenvalue weighted by Crippen LogP contribution is 2.39. The lowest BCUT2D eigenvalue weighted by atomic mass is 9.95. The van der Waals surface area contributed by atoms with E-state index in [1.807, 2.05) is 12.1 Å². The number of hydrogen-bond donors (Lipinski definition) is 1. The summed E-state index contributed by atoms with van der Waals surface area (Å²) in [6, 6.07) is 3.78. The lowest BCUT2D eigenvalue weighted by molar-refractivity contribution is 0.0786. The second-order valence-corrected chi connectivity index (χ2v) is 7.98. The summed E-state index contributed by atoms with van der Waals surface area (Å²) in [5.74, 6) is 1.68. The van der Waals surface area contributed by atoms with Gasteiger partial charge in [0.15, 0.2) is 11.0 Å². The third-order valence-electron chi connectivity index (χ3n) is 4.83. The largest absolute Gasteiger partial charge is 0.433 e. The highest BCUT2D eigenvalue weighted by Gasteiger charge is 2.28. The van der Waals surface area contributed by atoms with Crippen LogP contribution in [0.15, 0.2) is 32.9 Å². The zero-order chi connectivity index (χ0) is 17.1. The molecule has 0 bridgehead atoms. The molecule has 5 nitrogen and oxygen atoms in total. The number of ether oxygens (including phenoxy) is 1. The van der Waals surface area contributed by atoms with Crippen molar-refractivity contribution in [2.75, 3.05) is 26.3 Å². The highest BCUT2D eigenvalue weighted by molar-refractivity contribution is 7.99. The van der Waals surface area contributed by atoms with Crippen molar-refractivity contribution in [3.8, 4) is 0 Å². The van der Waals surface area contributed by atoms with Crippen LogP contribution < -0.4 is 5.32 Å². The third kappa shape index (κ3) is 4.19. The molecule has 0 atom stereocenters. The molecular formula is C18H22ClN3O2S. The van der Waals surface area contributed by atoms with E-state index in [0.29, 0.717) is 16.9 Å². The van der Waals surface area contributed by atoms with E-state index in [2.05, 4.69) is 10.3 Å². The Morgan fingerprint density at radius 1 is 1.08 bits per heavy atom. The van der Waals surface area contributed by atoms with Crippen LogP contribution in [0.4, 0.5) is 0 Å². The fraction of sp³-hybridized carbons (Fsp3) is 0.556. The lowest BCUT2D eigenvalue weighted by Crippen LogP contribution is -2.27. The van der Waals surface area contributed by atoms with Gasteiger partial charge in [0.05, 0.1) is 10.7 Å². The van der Waals surface area contributed by atoms with E-state index in [-0.39, 0.29) is 0 Å². The van der Waals surface area contributed by atoms with E-state index in [0.717, 1.165) is 73.7 Å². The number of piperidine rings is 1. The molecule has 1 N–H and O–H groups in total. The average Bonchev–Trinajstić information content (AvgIpc) is 3.09. The van der Waals surface area contributed by atoms with E-state index in [1.54, 1.807) is 18.0 Å². The van der Waals surface area contributed by atoms with Gasteiger partial charge < -0.3 is 14.5 Å². The Labute approximate surface area is 156 Å². The van der Waals surface area contributed by atoms with Crippen LogP contribution in [-0.4, -0.2) is 36.3 Å². The maximum Gasteiger partial charge on any atom is 0.199 e. The number of pyridine rings is 1. The summed E-state index contributed by atoms with van der Waals surface area (Å²) in [4.78, 5) is 9.34. The van der Waals surface area contributed by atoms with Crippen molar-refractivity contribution < 1.29 is 9.15 Å². The topological polar surface area (TPSA) is 60.2 Å². The molecule has 4 rings (SSSR count). The Kier molecular flexibility index (Phi) is 5.60. The van der Waals surface area contributed by atoms with Gasteiger partial charge in [-0.15, -0.1) is 0 Å². The van der Waals surface area contributed by atoms with Gasteiger partial charge in [-0.3, -0.25) is 0 Å². The summed E-state index contributed by atoms with van der Waals surface area (Å²) in [6.07, 6.45) is 5.83. The molecule has 2 aromatic rings. The number of nitrogens with one attached hydrogen (secondary N) is 1. The minimum absolute atomic E-state index is 0.363. The van der Waals surface area contributed by atoms with Crippen molar-refractivity contribution in [2.45, 2.75) is 47.6 Å². The molecule has 0 spiro atoms. The first-order valence-corrected chi connectivity index (χ1v) is 10.1. The van der Waals surface area contributed by atoms with Gasteiger partial charge in [-0.05, 0) is 62.7 Å². The zero-order valence-electron chi connectivity index (χ0n) is 14.0. The Hall–Kier alpha value is -1.08. The van der Waals surface area contributed by atoms with E-state index >= 15 is 0 Å². The molecule has 0 saturated carbocycles. The molecule has 134 valence electrons. The second-order valence-electron chi connectivity index (χ2n) is 6.55. The van der Waals surface area contributed by atoms with Crippen LogP contribution in [0.2, 0.25) is 5.02 Å². The number of hydrogen-bond acceptors (Lipinski definition) is 6. The van der Waals surface area contributed by atoms with Crippen molar-refractivity contribution in [1.82, 2.24) is 15.3 Å². The molecule has 25 heavy (non-hydrogen) atoms. The van der Waals surface area contributed by atoms with Gasteiger partial charge in [-0.25, -0.2) is 9.97 Å². The van der Waals surface area contributed by atoms with Crippen LogP contribution in [0.5, 0.6) is 0 Å². The van der Waals surface area contributed by atoms with E-state index in [4.69, 9.17) is 25.7 Å². The summed E-state index contributed by atoms with van der Waals surface area (Å²) < 4.78 is 11.7. The molecule has 2 aliphatic heterocycles. The summed E-state index contributed by atoms with van der Waals surface area (Å²) in [6.45, 7) is 3.65. The molecule has 0 unspecified atom stereocenters. The van der Waals surface area contributed by atoms with Gasteiger partial charge in [0.1, 0.15) is 5.03 Å². The average molecular weight is 380 g/mol. The van der Waals surface area contributed by atoms with Crippen molar-refractivity contribution in [1.29, 1.82) is 0 Å². The van der Waals surface area contributed by atoms with Crippen molar-refractivity contribution in [2.24, 2.45) is 0 Å². The van der Waals surface area contributed by atoms with Crippen molar-refractivity contribution in [3.05, 3.63) is 34.9 Å². The van der Waals surface area contributed by atoms with Crippen LogP contribution in [0, 0.1) is 0 Å². The van der Waals surface area contributed by atoms with E-state index in [9.17, 15) is 0 Å². The smallest absolute Gasteiger partial charge is 0.199 e. The Balaban J connectivity index is 1.61. The minimum atomic E-state index is 0.363. The standard InChI is InChI=1S/C18H22ClN3O2S/c19-14-1-2-15(21-11-14)25-18-16(12-3-7-20-8-4-12)22-17(24-18)13-5-9-23-10-6-13/h1-2,11-13,20H,3-10H2. The van der Waals surface area contributed by atoms with Crippen molar-refractivity contribution >= 4 is 23.4 Å². The number of nitrogens with zero attached hydrogens (tertiary/aromatic N) is 2. The molecule has 2 fully saturated rings. The first-order valence-electron chi connectivity index (χ1n) is 8.88. The van der Waals surface area contributed by atoms with Crippen LogP contribution >= 0.6 is 23.4 Å². The molecule has 4 heterocycles. The lowest BCUT2D eigenvalue weighted by Gasteiger charge is -2.21. The molecular weight excluding hydrogens is 358 g/mol. The maximum absolute atomic E-state index is 6.24. The van der Waals surface area contributed by atoms with Gasteiger partial charge in [0.25, 0.3) is 0 Å². The third-order valence-corrected chi connectivity index (χ3v) is 5.98. The zero-order valence-corrected chi connectivity index (χ0v) is 15.6. The quantitative estimate of drug-likeness (QED) is 0.857. The molecule has 2 aromatic heterocycles.